The molecule has 1 aromatic rings. The molecule has 22 heavy (non-hydrogen) atoms. The highest BCUT2D eigenvalue weighted by molar-refractivity contribution is 5.73. The summed E-state index contributed by atoms with van der Waals surface area (Å²) in [5.74, 6) is 0.238. The number of piperidine rings is 2. The fraction of sp³-hybridized carbons (Fsp3) is 0.632. The van der Waals surface area contributed by atoms with E-state index in [4.69, 9.17) is 0 Å². The third-order valence-corrected chi connectivity index (χ3v) is 5.54. The molecule has 0 bridgehead atoms. The van der Waals surface area contributed by atoms with Crippen molar-refractivity contribution in [2.75, 3.05) is 26.2 Å². The summed E-state index contributed by atoms with van der Waals surface area (Å²) in [4.78, 5) is 16.2. The van der Waals surface area contributed by atoms with E-state index in [-0.39, 0.29) is 5.91 Å². The maximum atomic E-state index is 11.5. The van der Waals surface area contributed by atoms with Gasteiger partial charge in [-0.05, 0) is 50.1 Å². The predicted octanol–water partition coefficient (Wildman–Crippen LogP) is 3.22. The van der Waals surface area contributed by atoms with Crippen LogP contribution in [0.3, 0.4) is 0 Å². The van der Waals surface area contributed by atoms with Gasteiger partial charge in [-0.3, -0.25) is 9.69 Å². The monoisotopic (exact) mass is 300 g/mol. The third kappa shape index (κ3) is 3.52. The molecule has 0 saturated carbocycles. The maximum absolute atomic E-state index is 11.5. The number of rotatable bonds is 2. The molecule has 1 amide bonds. The van der Waals surface area contributed by atoms with Crippen LogP contribution in [0.25, 0.3) is 0 Å². The summed E-state index contributed by atoms with van der Waals surface area (Å²) in [5, 5.41) is 0. The van der Waals surface area contributed by atoms with Crippen molar-refractivity contribution in [3.05, 3.63) is 35.4 Å². The van der Waals surface area contributed by atoms with Gasteiger partial charge in [0.15, 0.2) is 0 Å². The molecular formula is C19H28N2O. The minimum absolute atomic E-state index is 0.238. The molecule has 0 N–H and O–H groups in total. The molecule has 0 aliphatic carbocycles. The third-order valence-electron chi connectivity index (χ3n) is 5.54. The van der Waals surface area contributed by atoms with Crippen molar-refractivity contribution in [3.63, 3.8) is 0 Å². The van der Waals surface area contributed by atoms with Crippen LogP contribution in [0.4, 0.5) is 0 Å². The van der Waals surface area contributed by atoms with E-state index < -0.39 is 0 Å². The Balaban J connectivity index is 1.60. The number of carbonyl (C=O) groups excluding carboxylic acids is 1. The fourth-order valence-corrected chi connectivity index (χ4v) is 4.10. The SMILES string of the molecule is CC(=O)N1CCC2(CCCN(Cc3ccc(C)cc3)C2)CC1. The molecule has 1 aromatic carbocycles. The van der Waals surface area contributed by atoms with Crippen molar-refractivity contribution >= 4 is 5.91 Å². The number of hydrogen-bond acceptors (Lipinski definition) is 2. The molecule has 3 nitrogen and oxygen atoms in total. The molecule has 0 aromatic heterocycles. The van der Waals surface area contributed by atoms with Crippen LogP contribution in [0.15, 0.2) is 24.3 Å². The molecule has 2 heterocycles. The second-order valence-electron chi connectivity index (χ2n) is 7.31. The molecular weight excluding hydrogens is 272 g/mol. The van der Waals surface area contributed by atoms with Gasteiger partial charge in [0.25, 0.3) is 0 Å². The average Bonchev–Trinajstić information content (AvgIpc) is 2.50. The van der Waals surface area contributed by atoms with E-state index in [0.29, 0.717) is 5.41 Å². The van der Waals surface area contributed by atoms with E-state index in [1.54, 1.807) is 6.92 Å². The maximum Gasteiger partial charge on any atom is 0.219 e. The van der Waals surface area contributed by atoms with E-state index in [2.05, 4.69) is 36.1 Å². The molecule has 3 rings (SSSR count). The molecule has 3 heteroatoms. The highest BCUT2D eigenvalue weighted by Gasteiger charge is 2.38. The fourth-order valence-electron chi connectivity index (χ4n) is 4.10. The van der Waals surface area contributed by atoms with E-state index in [0.717, 1.165) is 19.6 Å². The number of likely N-dealkylation sites (tertiary alicyclic amines) is 2. The standard InChI is InChI=1S/C19H28N2O/c1-16-4-6-18(7-5-16)14-20-11-3-8-19(15-20)9-12-21(13-10-19)17(2)22/h4-7H,3,8-15H2,1-2H3. The van der Waals surface area contributed by atoms with Crippen molar-refractivity contribution in [2.24, 2.45) is 5.41 Å². The number of hydrogen-bond donors (Lipinski definition) is 0. The lowest BCUT2D eigenvalue weighted by Crippen LogP contribution is -2.50. The second kappa shape index (κ2) is 6.41. The van der Waals surface area contributed by atoms with Gasteiger partial charge in [-0.25, -0.2) is 0 Å². The van der Waals surface area contributed by atoms with Gasteiger partial charge in [-0.1, -0.05) is 29.8 Å². The van der Waals surface area contributed by atoms with Crippen molar-refractivity contribution in [1.82, 2.24) is 9.80 Å². The summed E-state index contributed by atoms with van der Waals surface area (Å²) in [6, 6.07) is 8.94. The Kier molecular flexibility index (Phi) is 4.53. The largest absolute Gasteiger partial charge is 0.343 e. The quantitative estimate of drug-likeness (QED) is 0.837. The first-order valence-electron chi connectivity index (χ1n) is 8.60. The molecule has 2 aliphatic rings. The molecule has 2 fully saturated rings. The Labute approximate surface area is 134 Å². The van der Waals surface area contributed by atoms with Crippen molar-refractivity contribution < 1.29 is 4.79 Å². The summed E-state index contributed by atoms with van der Waals surface area (Å²) >= 11 is 0. The number of nitrogens with zero attached hydrogens (tertiary/aromatic N) is 2. The lowest BCUT2D eigenvalue weighted by Gasteiger charge is -2.47. The molecule has 0 unspecified atom stereocenters. The predicted molar refractivity (Wildman–Crippen MR) is 89.6 cm³/mol. The Bertz CT molecular complexity index is 515. The van der Waals surface area contributed by atoms with Gasteiger partial charge in [0, 0.05) is 33.1 Å². The van der Waals surface area contributed by atoms with Crippen molar-refractivity contribution in [2.45, 2.75) is 46.1 Å². The van der Waals surface area contributed by atoms with Crippen LogP contribution in [0, 0.1) is 12.3 Å². The van der Waals surface area contributed by atoms with Gasteiger partial charge >= 0.3 is 0 Å². The summed E-state index contributed by atoms with van der Waals surface area (Å²) < 4.78 is 0. The van der Waals surface area contributed by atoms with Crippen LogP contribution in [0.2, 0.25) is 0 Å². The Morgan fingerprint density at radius 2 is 1.77 bits per heavy atom. The van der Waals surface area contributed by atoms with Crippen LogP contribution in [-0.2, 0) is 11.3 Å². The van der Waals surface area contributed by atoms with Crippen LogP contribution in [-0.4, -0.2) is 41.9 Å². The first kappa shape index (κ1) is 15.5. The van der Waals surface area contributed by atoms with E-state index in [1.165, 1.54) is 49.9 Å². The summed E-state index contributed by atoms with van der Waals surface area (Å²) in [5.41, 5.74) is 3.20. The van der Waals surface area contributed by atoms with E-state index in [1.807, 2.05) is 4.90 Å². The Hall–Kier alpha value is -1.35. The van der Waals surface area contributed by atoms with Gasteiger partial charge in [0.05, 0.1) is 0 Å². The lowest BCUT2D eigenvalue weighted by molar-refractivity contribution is -0.131. The molecule has 1 spiro atoms. The normalized spacial score (nSPS) is 22.0. The first-order valence-corrected chi connectivity index (χ1v) is 8.60. The van der Waals surface area contributed by atoms with Crippen molar-refractivity contribution in [1.29, 1.82) is 0 Å². The zero-order valence-electron chi connectivity index (χ0n) is 14.0. The smallest absolute Gasteiger partial charge is 0.219 e. The van der Waals surface area contributed by atoms with Crippen LogP contribution < -0.4 is 0 Å². The number of amides is 1. The number of benzene rings is 1. The molecule has 2 aliphatic heterocycles. The van der Waals surface area contributed by atoms with Gasteiger partial charge in [-0.15, -0.1) is 0 Å². The average molecular weight is 300 g/mol. The van der Waals surface area contributed by atoms with Gasteiger partial charge < -0.3 is 4.90 Å². The molecule has 120 valence electrons. The zero-order valence-corrected chi connectivity index (χ0v) is 14.0. The second-order valence-corrected chi connectivity index (χ2v) is 7.31. The van der Waals surface area contributed by atoms with E-state index in [9.17, 15) is 4.79 Å². The Morgan fingerprint density at radius 1 is 1.09 bits per heavy atom. The molecule has 0 radical (unpaired) electrons. The topological polar surface area (TPSA) is 23.6 Å². The zero-order chi connectivity index (χ0) is 15.6. The van der Waals surface area contributed by atoms with Gasteiger partial charge in [0.1, 0.15) is 0 Å². The summed E-state index contributed by atoms with van der Waals surface area (Å²) in [6.45, 7) is 9.23. The van der Waals surface area contributed by atoms with Crippen LogP contribution >= 0.6 is 0 Å². The molecule has 0 atom stereocenters. The number of carbonyl (C=O) groups is 1. The Morgan fingerprint density at radius 3 is 2.41 bits per heavy atom. The van der Waals surface area contributed by atoms with Crippen LogP contribution in [0.5, 0.6) is 0 Å². The van der Waals surface area contributed by atoms with Crippen molar-refractivity contribution in [3.8, 4) is 0 Å². The minimum atomic E-state index is 0.238. The summed E-state index contributed by atoms with van der Waals surface area (Å²) in [6.07, 6.45) is 4.99. The van der Waals surface area contributed by atoms with E-state index >= 15 is 0 Å². The molecule has 2 saturated heterocycles. The minimum Gasteiger partial charge on any atom is -0.343 e. The lowest BCUT2D eigenvalue weighted by atomic mass is 9.72. The van der Waals surface area contributed by atoms with Gasteiger partial charge in [0.2, 0.25) is 5.91 Å². The first-order chi connectivity index (χ1) is 10.6. The highest BCUT2D eigenvalue weighted by atomic mass is 16.2. The summed E-state index contributed by atoms with van der Waals surface area (Å²) in [7, 11) is 0. The number of aryl methyl sites for hydroxylation is 1. The van der Waals surface area contributed by atoms with Gasteiger partial charge in [-0.2, -0.15) is 0 Å². The van der Waals surface area contributed by atoms with Crippen LogP contribution in [0.1, 0.15) is 43.7 Å². The highest BCUT2D eigenvalue weighted by Crippen LogP contribution is 2.40.